The summed E-state index contributed by atoms with van der Waals surface area (Å²) in [5.74, 6) is 0. The van der Waals surface area contributed by atoms with Crippen LogP contribution in [-0.2, 0) is 4.74 Å². The van der Waals surface area contributed by atoms with E-state index in [0.717, 1.165) is 90.3 Å². The molecular weight excluding hydrogens is 444 g/mol. The fraction of sp³-hybridized carbons (Fsp3) is 0.714. The molecule has 0 N–H and O–H groups in total. The fourth-order valence-corrected chi connectivity index (χ4v) is 4.92. The molecule has 35 heavy (non-hydrogen) atoms. The van der Waals surface area contributed by atoms with E-state index >= 15 is 0 Å². The van der Waals surface area contributed by atoms with Gasteiger partial charge in [-0.2, -0.15) is 0 Å². The van der Waals surface area contributed by atoms with Gasteiger partial charge in [0.2, 0.25) is 11.1 Å². The second-order valence-electron chi connectivity index (χ2n) is 10.1. The maximum Gasteiger partial charge on any atom is 0.244 e. The molecular formula is C28H44N2O5. The molecule has 2 atom stereocenters. The quantitative estimate of drug-likeness (QED) is 0.100. The summed E-state index contributed by atoms with van der Waals surface area (Å²) in [7, 11) is 0. The summed E-state index contributed by atoms with van der Waals surface area (Å²) in [6.45, 7) is 1.62. The fourth-order valence-electron chi connectivity index (χ4n) is 4.92. The van der Waals surface area contributed by atoms with Gasteiger partial charge in [-0.05, 0) is 37.8 Å². The highest BCUT2D eigenvalue weighted by Crippen LogP contribution is 2.29. The minimum Gasteiger partial charge on any atom is -0.381 e. The molecule has 7 nitrogen and oxygen atoms in total. The van der Waals surface area contributed by atoms with Crippen molar-refractivity contribution >= 4 is 0 Å². The average Bonchev–Trinajstić information content (AvgIpc) is 2.87. The van der Waals surface area contributed by atoms with Crippen LogP contribution in [0.25, 0.3) is 0 Å². The van der Waals surface area contributed by atoms with Crippen molar-refractivity contribution in [3.63, 3.8) is 0 Å². The topological polar surface area (TPSA) is 95.5 Å². The zero-order chi connectivity index (χ0) is 25.2. The summed E-state index contributed by atoms with van der Waals surface area (Å²) in [5, 5.41) is 22.9. The van der Waals surface area contributed by atoms with Crippen LogP contribution in [-0.4, -0.2) is 34.1 Å². The van der Waals surface area contributed by atoms with Crippen molar-refractivity contribution < 1.29 is 14.6 Å². The van der Waals surface area contributed by atoms with E-state index in [-0.39, 0.29) is 9.85 Å². The highest BCUT2D eigenvalue weighted by Gasteiger charge is 2.39. The molecule has 0 saturated heterocycles. The third-order valence-corrected chi connectivity index (χ3v) is 7.27. The van der Waals surface area contributed by atoms with E-state index in [1.165, 1.54) is 0 Å². The van der Waals surface area contributed by atoms with Crippen LogP contribution in [0.2, 0.25) is 0 Å². The Hall–Kier alpha value is -2.28. The minimum atomic E-state index is -0.882. The molecule has 0 amide bonds. The Morgan fingerprint density at radius 2 is 0.943 bits per heavy atom. The van der Waals surface area contributed by atoms with Crippen LogP contribution in [0.3, 0.4) is 0 Å². The normalized spacial score (nSPS) is 23.1. The van der Waals surface area contributed by atoms with Crippen LogP contribution in [0.15, 0.2) is 48.6 Å². The Balaban J connectivity index is 1.34. The molecule has 0 radical (unpaired) electrons. The molecule has 0 aromatic rings. The largest absolute Gasteiger partial charge is 0.381 e. The van der Waals surface area contributed by atoms with Gasteiger partial charge in [-0.3, -0.25) is 20.2 Å². The van der Waals surface area contributed by atoms with Crippen molar-refractivity contribution in [2.45, 2.75) is 114 Å². The summed E-state index contributed by atoms with van der Waals surface area (Å²) in [6.07, 6.45) is 29.9. The van der Waals surface area contributed by atoms with Gasteiger partial charge in [-0.25, -0.2) is 0 Å². The predicted molar refractivity (Wildman–Crippen MR) is 141 cm³/mol. The van der Waals surface area contributed by atoms with E-state index in [2.05, 4.69) is 0 Å². The van der Waals surface area contributed by atoms with Crippen molar-refractivity contribution in [3.8, 4) is 0 Å². The van der Waals surface area contributed by atoms with E-state index in [0.29, 0.717) is 25.7 Å². The Kier molecular flexibility index (Phi) is 13.6. The molecule has 2 unspecified atom stereocenters. The van der Waals surface area contributed by atoms with Gasteiger partial charge in [0.15, 0.2) is 0 Å². The van der Waals surface area contributed by atoms with Crippen molar-refractivity contribution in [1.29, 1.82) is 0 Å². The molecule has 7 heteroatoms. The molecule has 0 fully saturated rings. The molecule has 0 bridgehead atoms. The predicted octanol–water partition coefficient (Wildman–Crippen LogP) is 7.53. The lowest BCUT2D eigenvalue weighted by Crippen LogP contribution is -2.36. The molecule has 0 spiro atoms. The zero-order valence-corrected chi connectivity index (χ0v) is 21.3. The highest BCUT2D eigenvalue weighted by molar-refractivity contribution is 5.18. The maximum atomic E-state index is 11.4. The van der Waals surface area contributed by atoms with Gasteiger partial charge in [0.25, 0.3) is 0 Å². The van der Waals surface area contributed by atoms with Crippen LogP contribution >= 0.6 is 0 Å². The summed E-state index contributed by atoms with van der Waals surface area (Å²) in [6, 6.07) is 0. The van der Waals surface area contributed by atoms with Gasteiger partial charge < -0.3 is 4.74 Å². The molecule has 0 heterocycles. The van der Waals surface area contributed by atoms with Gasteiger partial charge in [-0.1, -0.05) is 87.8 Å². The number of rotatable bonds is 20. The van der Waals surface area contributed by atoms with Crippen molar-refractivity contribution in [3.05, 3.63) is 68.8 Å². The summed E-state index contributed by atoms with van der Waals surface area (Å²) >= 11 is 0. The van der Waals surface area contributed by atoms with Crippen LogP contribution in [0, 0.1) is 20.2 Å². The lowest BCUT2D eigenvalue weighted by atomic mass is 9.86. The number of allylic oxidation sites excluding steroid dienone is 4. The van der Waals surface area contributed by atoms with Gasteiger partial charge in [-0.15, -0.1) is 0 Å². The average molecular weight is 489 g/mol. The van der Waals surface area contributed by atoms with Gasteiger partial charge in [0, 0.05) is 48.7 Å². The summed E-state index contributed by atoms with van der Waals surface area (Å²) < 4.78 is 5.75. The van der Waals surface area contributed by atoms with Gasteiger partial charge in [0.05, 0.1) is 0 Å². The lowest BCUT2D eigenvalue weighted by Gasteiger charge is -2.22. The first-order valence-corrected chi connectivity index (χ1v) is 13.6. The first-order chi connectivity index (χ1) is 17.0. The Bertz CT molecular complexity index is 698. The maximum absolute atomic E-state index is 11.4. The van der Waals surface area contributed by atoms with Crippen LogP contribution < -0.4 is 0 Å². The molecule has 2 aliphatic carbocycles. The number of nitrogens with zero attached hydrogens (tertiary/aromatic N) is 2. The van der Waals surface area contributed by atoms with Gasteiger partial charge in [0.1, 0.15) is 0 Å². The van der Waals surface area contributed by atoms with Crippen LogP contribution in [0.4, 0.5) is 0 Å². The smallest absolute Gasteiger partial charge is 0.244 e. The highest BCUT2D eigenvalue weighted by atomic mass is 16.6. The minimum absolute atomic E-state index is 0.119. The van der Waals surface area contributed by atoms with E-state index in [9.17, 15) is 20.2 Å². The molecule has 2 rings (SSSR count). The van der Waals surface area contributed by atoms with E-state index in [1.54, 1.807) is 24.3 Å². The lowest BCUT2D eigenvalue weighted by molar-refractivity contribution is -0.556. The standard InChI is InChI=1S/C28H44N2O5/c31-29(32)27(21-13-9-14-22-27)19-11-5-1-3-7-17-25-35-26-18-8-4-2-6-12-20-28(30(33)34)23-15-10-16-24-28/h9-10,13-16,21,23H,1-8,11-12,17-20,22,24-26H2. The van der Waals surface area contributed by atoms with Crippen LogP contribution in [0.5, 0.6) is 0 Å². The number of hydrogen-bond donors (Lipinski definition) is 0. The van der Waals surface area contributed by atoms with Crippen molar-refractivity contribution in [2.75, 3.05) is 13.2 Å². The second kappa shape index (κ2) is 16.4. The molecule has 2 aliphatic rings. The number of hydrogen-bond acceptors (Lipinski definition) is 5. The third-order valence-electron chi connectivity index (χ3n) is 7.27. The third kappa shape index (κ3) is 10.5. The first kappa shape index (κ1) is 29.0. The Morgan fingerprint density at radius 3 is 1.29 bits per heavy atom. The summed E-state index contributed by atoms with van der Waals surface area (Å²) in [5.41, 5.74) is -1.76. The SMILES string of the molecule is O=[N+]([O-])C1(CCCCCCCCOCCCCCCCCC2([N+](=O)[O-])C=CC=CC2)C=CC=CC1. The van der Waals surface area contributed by atoms with Crippen molar-refractivity contribution in [1.82, 2.24) is 0 Å². The van der Waals surface area contributed by atoms with Gasteiger partial charge >= 0.3 is 0 Å². The molecule has 0 aromatic carbocycles. The zero-order valence-electron chi connectivity index (χ0n) is 21.3. The summed E-state index contributed by atoms with van der Waals surface area (Å²) in [4.78, 5) is 22.6. The molecule has 0 aliphatic heterocycles. The van der Waals surface area contributed by atoms with Crippen LogP contribution in [0.1, 0.15) is 103 Å². The monoisotopic (exact) mass is 488 g/mol. The van der Waals surface area contributed by atoms with E-state index in [1.807, 2.05) is 24.3 Å². The number of ether oxygens (including phenoxy) is 1. The van der Waals surface area contributed by atoms with E-state index < -0.39 is 11.1 Å². The van der Waals surface area contributed by atoms with Crippen molar-refractivity contribution in [2.24, 2.45) is 0 Å². The van der Waals surface area contributed by atoms with E-state index in [4.69, 9.17) is 4.74 Å². The first-order valence-electron chi connectivity index (χ1n) is 13.6. The second-order valence-corrected chi connectivity index (χ2v) is 10.1. The Morgan fingerprint density at radius 1 is 0.571 bits per heavy atom. The molecule has 0 saturated carbocycles. The molecule has 196 valence electrons. The number of nitro groups is 2. The molecule has 0 aromatic heterocycles. The number of unbranched alkanes of at least 4 members (excludes halogenated alkanes) is 10. The Labute approximate surface area is 210 Å².